The van der Waals surface area contributed by atoms with Crippen LogP contribution in [-0.2, 0) is 4.74 Å². The van der Waals surface area contributed by atoms with Crippen LogP contribution in [0.1, 0.15) is 46.2 Å². The Morgan fingerprint density at radius 3 is 2.52 bits per heavy atom. The molecule has 3 N–H and O–H groups in total. The molecular weight excluding hydrogens is 268 g/mol. The highest BCUT2D eigenvalue weighted by Gasteiger charge is 2.20. The first-order valence-corrected chi connectivity index (χ1v) is 7.17. The van der Waals surface area contributed by atoms with Gasteiger partial charge in [-0.1, -0.05) is 12.1 Å². The number of rotatable bonds is 5. The summed E-state index contributed by atoms with van der Waals surface area (Å²) in [5, 5.41) is 2.78. The number of nitrogens with two attached hydrogens (primary N) is 1. The van der Waals surface area contributed by atoms with Crippen molar-refractivity contribution in [3.8, 4) is 5.75 Å². The Kier molecular flexibility index (Phi) is 6.03. The van der Waals surface area contributed by atoms with Crippen molar-refractivity contribution in [1.29, 1.82) is 0 Å². The summed E-state index contributed by atoms with van der Waals surface area (Å²) in [6.45, 7) is 9.67. The van der Waals surface area contributed by atoms with Crippen molar-refractivity contribution in [2.45, 2.75) is 52.4 Å². The fraction of sp³-hybridized carbons (Fsp3) is 0.562. The Balaban J connectivity index is 2.78. The second-order valence-corrected chi connectivity index (χ2v) is 6.17. The summed E-state index contributed by atoms with van der Waals surface area (Å²) < 4.78 is 10.9. The van der Waals surface area contributed by atoms with Gasteiger partial charge in [0.15, 0.2) is 0 Å². The zero-order valence-electron chi connectivity index (χ0n) is 13.5. The minimum absolute atomic E-state index is 0.0930. The van der Waals surface area contributed by atoms with Crippen molar-refractivity contribution in [2.24, 2.45) is 5.73 Å². The third-order valence-corrected chi connectivity index (χ3v) is 2.56. The number of benzene rings is 1. The maximum absolute atomic E-state index is 11.8. The second-order valence-electron chi connectivity index (χ2n) is 6.17. The van der Waals surface area contributed by atoms with E-state index in [1.807, 2.05) is 58.9 Å². The van der Waals surface area contributed by atoms with Gasteiger partial charge >= 0.3 is 6.09 Å². The van der Waals surface area contributed by atoms with Crippen LogP contribution >= 0.6 is 0 Å². The number of ether oxygens (including phenoxy) is 2. The molecule has 0 aromatic heterocycles. The van der Waals surface area contributed by atoms with E-state index < -0.39 is 11.7 Å². The molecule has 0 spiro atoms. The Labute approximate surface area is 126 Å². The number of carbonyl (C=O) groups excluding carboxylic acids is 1. The molecule has 5 heteroatoms. The highest BCUT2D eigenvalue weighted by Crippen LogP contribution is 2.20. The van der Waals surface area contributed by atoms with Crippen LogP contribution < -0.4 is 15.8 Å². The van der Waals surface area contributed by atoms with Crippen LogP contribution in [0.3, 0.4) is 0 Å². The monoisotopic (exact) mass is 294 g/mol. The summed E-state index contributed by atoms with van der Waals surface area (Å²) in [7, 11) is 0. The van der Waals surface area contributed by atoms with Crippen molar-refractivity contribution in [3.63, 3.8) is 0 Å². The van der Waals surface area contributed by atoms with Crippen LogP contribution in [-0.4, -0.2) is 24.3 Å². The molecule has 0 fully saturated rings. The first-order valence-electron chi connectivity index (χ1n) is 7.17. The summed E-state index contributed by atoms with van der Waals surface area (Å²) in [4.78, 5) is 11.8. The van der Waals surface area contributed by atoms with Crippen molar-refractivity contribution >= 4 is 6.09 Å². The van der Waals surface area contributed by atoms with Gasteiger partial charge in [0.2, 0.25) is 0 Å². The molecule has 1 atom stereocenters. The van der Waals surface area contributed by atoms with Crippen LogP contribution in [0.5, 0.6) is 5.75 Å². The molecule has 0 heterocycles. The number of hydrogen-bond donors (Lipinski definition) is 2. The average molecular weight is 294 g/mol. The van der Waals surface area contributed by atoms with E-state index in [2.05, 4.69) is 5.32 Å². The number of amides is 1. The van der Waals surface area contributed by atoms with Crippen molar-refractivity contribution in [2.75, 3.05) is 6.54 Å². The maximum Gasteiger partial charge on any atom is 0.408 e. The third kappa shape index (κ3) is 6.49. The molecule has 21 heavy (non-hydrogen) atoms. The molecular formula is C16H26N2O3. The van der Waals surface area contributed by atoms with Crippen LogP contribution in [0, 0.1) is 0 Å². The lowest BCUT2D eigenvalue weighted by atomic mass is 10.1. The summed E-state index contributed by atoms with van der Waals surface area (Å²) in [6.07, 6.45) is -0.386. The molecule has 0 aliphatic carbocycles. The lowest BCUT2D eigenvalue weighted by Gasteiger charge is -2.23. The molecule has 1 unspecified atom stereocenters. The largest absolute Gasteiger partial charge is 0.491 e. The zero-order chi connectivity index (χ0) is 16.0. The molecule has 0 saturated heterocycles. The zero-order valence-corrected chi connectivity index (χ0v) is 13.5. The van der Waals surface area contributed by atoms with Gasteiger partial charge in [-0.05, 0) is 52.3 Å². The Hall–Kier alpha value is -1.75. The quantitative estimate of drug-likeness (QED) is 0.875. The molecule has 1 amide bonds. The van der Waals surface area contributed by atoms with Gasteiger partial charge in [-0.3, -0.25) is 0 Å². The van der Waals surface area contributed by atoms with E-state index in [0.29, 0.717) is 0 Å². The smallest absolute Gasteiger partial charge is 0.408 e. The third-order valence-electron chi connectivity index (χ3n) is 2.56. The second kappa shape index (κ2) is 7.31. The average Bonchev–Trinajstić information content (AvgIpc) is 2.33. The standard InChI is InChI=1S/C16H26N2O3/c1-11(2)20-13-8-6-7-12(9-13)14(10-17)18-15(19)21-16(3,4)5/h6-9,11,14H,10,17H2,1-5H3,(H,18,19). The van der Waals surface area contributed by atoms with Gasteiger partial charge < -0.3 is 20.5 Å². The van der Waals surface area contributed by atoms with Crippen LogP contribution in [0.4, 0.5) is 4.79 Å². The fourth-order valence-corrected chi connectivity index (χ4v) is 1.80. The lowest BCUT2D eigenvalue weighted by molar-refractivity contribution is 0.0505. The molecule has 1 aromatic rings. The first-order chi connectivity index (χ1) is 9.71. The van der Waals surface area contributed by atoms with E-state index in [4.69, 9.17) is 15.2 Å². The van der Waals surface area contributed by atoms with Crippen LogP contribution in [0.15, 0.2) is 24.3 Å². The fourth-order valence-electron chi connectivity index (χ4n) is 1.80. The molecule has 1 aromatic carbocycles. The predicted molar refractivity (Wildman–Crippen MR) is 83.4 cm³/mol. The van der Waals surface area contributed by atoms with Gasteiger partial charge in [0.1, 0.15) is 11.4 Å². The number of nitrogens with one attached hydrogen (secondary N) is 1. The van der Waals surface area contributed by atoms with E-state index in [-0.39, 0.29) is 18.7 Å². The van der Waals surface area contributed by atoms with Gasteiger partial charge in [-0.2, -0.15) is 0 Å². The molecule has 0 radical (unpaired) electrons. The van der Waals surface area contributed by atoms with Crippen LogP contribution in [0.25, 0.3) is 0 Å². The Bertz CT molecular complexity index is 467. The van der Waals surface area contributed by atoms with E-state index >= 15 is 0 Å². The van der Waals surface area contributed by atoms with Gasteiger partial charge in [-0.25, -0.2) is 4.79 Å². The first kappa shape index (κ1) is 17.3. The summed E-state index contributed by atoms with van der Waals surface area (Å²) in [5.74, 6) is 0.756. The highest BCUT2D eigenvalue weighted by molar-refractivity contribution is 5.68. The van der Waals surface area contributed by atoms with Gasteiger partial charge in [-0.15, -0.1) is 0 Å². The Morgan fingerprint density at radius 1 is 1.33 bits per heavy atom. The molecule has 0 bridgehead atoms. The van der Waals surface area contributed by atoms with Crippen molar-refractivity contribution in [1.82, 2.24) is 5.32 Å². The molecule has 0 aliphatic rings. The Morgan fingerprint density at radius 2 is 2.00 bits per heavy atom. The van der Waals surface area contributed by atoms with Crippen molar-refractivity contribution in [3.05, 3.63) is 29.8 Å². The maximum atomic E-state index is 11.8. The number of carbonyl (C=O) groups is 1. The van der Waals surface area contributed by atoms with Crippen molar-refractivity contribution < 1.29 is 14.3 Å². The number of hydrogen-bond acceptors (Lipinski definition) is 4. The van der Waals surface area contributed by atoms with E-state index in [1.54, 1.807) is 0 Å². The summed E-state index contributed by atoms with van der Waals surface area (Å²) >= 11 is 0. The molecule has 5 nitrogen and oxygen atoms in total. The van der Waals surface area contributed by atoms with E-state index in [1.165, 1.54) is 0 Å². The van der Waals surface area contributed by atoms with E-state index in [9.17, 15) is 4.79 Å². The molecule has 0 aliphatic heterocycles. The van der Waals surface area contributed by atoms with Gasteiger partial charge in [0.05, 0.1) is 12.1 Å². The van der Waals surface area contributed by atoms with Crippen LogP contribution in [0.2, 0.25) is 0 Å². The van der Waals surface area contributed by atoms with Gasteiger partial charge in [0, 0.05) is 6.54 Å². The molecule has 118 valence electrons. The SMILES string of the molecule is CC(C)Oc1cccc(C(CN)NC(=O)OC(C)(C)C)c1. The minimum atomic E-state index is -0.536. The topological polar surface area (TPSA) is 73.6 Å². The minimum Gasteiger partial charge on any atom is -0.491 e. The molecule has 1 rings (SSSR count). The number of alkyl carbamates (subject to hydrolysis) is 1. The summed E-state index contributed by atoms with van der Waals surface area (Å²) in [6, 6.07) is 7.24. The van der Waals surface area contributed by atoms with Gasteiger partial charge in [0.25, 0.3) is 0 Å². The molecule has 0 saturated carbocycles. The highest BCUT2D eigenvalue weighted by atomic mass is 16.6. The lowest BCUT2D eigenvalue weighted by Crippen LogP contribution is -2.37. The van der Waals surface area contributed by atoms with E-state index in [0.717, 1.165) is 11.3 Å². The summed E-state index contributed by atoms with van der Waals surface area (Å²) in [5.41, 5.74) is 6.11. The predicted octanol–water partition coefficient (Wildman–Crippen LogP) is 3.00. The normalized spacial score (nSPS) is 12.9.